The van der Waals surface area contributed by atoms with E-state index in [1.807, 2.05) is 12.2 Å². The van der Waals surface area contributed by atoms with Gasteiger partial charge in [0.05, 0.1) is 29.6 Å². The second kappa shape index (κ2) is 7.57. The van der Waals surface area contributed by atoms with E-state index < -0.39 is 23.2 Å². The Morgan fingerprint density at radius 1 is 1.09 bits per heavy atom. The summed E-state index contributed by atoms with van der Waals surface area (Å²) in [4.78, 5) is 12.8. The molecule has 0 bridgehead atoms. The first kappa shape index (κ1) is 22.9. The lowest BCUT2D eigenvalue weighted by atomic mass is 9.76. The molecule has 2 fully saturated rings. The highest BCUT2D eigenvalue weighted by Crippen LogP contribution is 2.62. The Morgan fingerprint density at radius 3 is 2.35 bits per heavy atom. The van der Waals surface area contributed by atoms with Gasteiger partial charge in [-0.3, -0.25) is 4.79 Å². The molecule has 7 heteroatoms. The highest BCUT2D eigenvalue weighted by Gasteiger charge is 2.64. The van der Waals surface area contributed by atoms with Crippen LogP contribution >= 0.6 is 0 Å². The van der Waals surface area contributed by atoms with Crippen molar-refractivity contribution < 1.29 is 29.2 Å². The van der Waals surface area contributed by atoms with Crippen molar-refractivity contribution in [1.29, 1.82) is 0 Å². The Hall–Kier alpha value is -2.87. The van der Waals surface area contributed by atoms with Gasteiger partial charge in [0.15, 0.2) is 11.7 Å². The van der Waals surface area contributed by atoms with Crippen molar-refractivity contribution in [3.8, 4) is 11.5 Å². The minimum Gasteiger partial charge on any atom is -0.507 e. The highest BCUT2D eigenvalue weighted by molar-refractivity contribution is 6.00. The van der Waals surface area contributed by atoms with Crippen molar-refractivity contribution in [3.05, 3.63) is 59.2 Å². The maximum atomic E-state index is 12.8. The fourth-order valence-electron chi connectivity index (χ4n) is 5.90. The van der Waals surface area contributed by atoms with Gasteiger partial charge in [0.1, 0.15) is 11.5 Å². The van der Waals surface area contributed by atoms with Crippen molar-refractivity contribution in [2.75, 3.05) is 19.5 Å². The third-order valence-electron chi connectivity index (χ3n) is 7.73. The number of benzene rings is 2. The molecule has 5 rings (SSSR count). The summed E-state index contributed by atoms with van der Waals surface area (Å²) in [6.07, 6.45) is 3.69. The van der Waals surface area contributed by atoms with Gasteiger partial charge in [-0.05, 0) is 68.9 Å². The van der Waals surface area contributed by atoms with E-state index in [1.165, 1.54) is 7.11 Å². The van der Waals surface area contributed by atoms with E-state index >= 15 is 0 Å². The first-order valence-corrected chi connectivity index (χ1v) is 11.5. The number of aromatic hydroxyl groups is 1. The molecule has 0 radical (unpaired) electrons. The van der Waals surface area contributed by atoms with Crippen LogP contribution in [0.15, 0.2) is 42.5 Å². The number of methoxy groups -OCH3 is 2. The van der Waals surface area contributed by atoms with Crippen LogP contribution in [0.4, 0.5) is 5.69 Å². The Balaban J connectivity index is 1.60. The summed E-state index contributed by atoms with van der Waals surface area (Å²) in [5, 5.41) is 26.1. The summed E-state index contributed by atoms with van der Waals surface area (Å²) in [5.74, 6) is 0.977. The van der Waals surface area contributed by atoms with Crippen LogP contribution in [0.25, 0.3) is 6.08 Å². The first-order valence-electron chi connectivity index (χ1n) is 11.5. The zero-order valence-corrected chi connectivity index (χ0v) is 20.1. The third-order valence-corrected chi connectivity index (χ3v) is 7.73. The number of phenolic OH excluding ortho intramolecular Hbond substituents is 1. The van der Waals surface area contributed by atoms with Crippen molar-refractivity contribution in [2.24, 2.45) is 11.8 Å². The van der Waals surface area contributed by atoms with Crippen LogP contribution in [-0.4, -0.2) is 47.6 Å². The molecule has 1 amide bonds. The van der Waals surface area contributed by atoms with Crippen molar-refractivity contribution >= 4 is 17.7 Å². The highest BCUT2D eigenvalue weighted by atomic mass is 16.5. The van der Waals surface area contributed by atoms with E-state index in [1.54, 1.807) is 43.5 Å². The Kier molecular flexibility index (Phi) is 5.10. The molecular weight excluding hydrogens is 434 g/mol. The van der Waals surface area contributed by atoms with Crippen molar-refractivity contribution in [1.82, 2.24) is 0 Å². The maximum absolute atomic E-state index is 12.8. The number of hydrogen-bond donors (Lipinski definition) is 3. The predicted molar refractivity (Wildman–Crippen MR) is 128 cm³/mol. The minimum absolute atomic E-state index is 0.123. The molecule has 7 nitrogen and oxygen atoms in total. The summed E-state index contributed by atoms with van der Waals surface area (Å²) in [5.41, 5.74) is -1.07. The second-order valence-electron chi connectivity index (χ2n) is 10.2. The number of carbonyl (C=O) groups is 1. The van der Waals surface area contributed by atoms with Crippen LogP contribution in [-0.2, 0) is 19.9 Å². The lowest BCUT2D eigenvalue weighted by Crippen LogP contribution is -2.52. The van der Waals surface area contributed by atoms with E-state index in [4.69, 9.17) is 14.2 Å². The number of fused-ring (bicyclic) bond motifs is 2. The molecule has 1 saturated heterocycles. The van der Waals surface area contributed by atoms with Gasteiger partial charge in [-0.15, -0.1) is 0 Å². The monoisotopic (exact) mass is 465 g/mol. The first-order chi connectivity index (χ1) is 16.0. The fourth-order valence-corrected chi connectivity index (χ4v) is 5.90. The van der Waals surface area contributed by atoms with Crippen molar-refractivity contribution in [2.45, 2.75) is 50.1 Å². The quantitative estimate of drug-likeness (QED) is 0.621. The lowest BCUT2D eigenvalue weighted by molar-refractivity contribution is -0.142. The van der Waals surface area contributed by atoms with Gasteiger partial charge in [0, 0.05) is 12.7 Å². The molecule has 3 unspecified atom stereocenters. The maximum Gasteiger partial charge on any atom is 0.257 e. The molecule has 3 N–H and O–H groups in total. The molecule has 1 aliphatic carbocycles. The molecule has 1 saturated carbocycles. The number of ether oxygens (including phenoxy) is 3. The largest absolute Gasteiger partial charge is 0.507 e. The minimum atomic E-state index is -1.91. The number of aliphatic hydroxyl groups is 1. The number of nitrogens with one attached hydrogen (secondary N) is 1. The summed E-state index contributed by atoms with van der Waals surface area (Å²) < 4.78 is 17.0. The molecule has 5 atom stereocenters. The summed E-state index contributed by atoms with van der Waals surface area (Å²) in [7, 11) is 2.91. The van der Waals surface area contributed by atoms with Crippen molar-refractivity contribution in [3.63, 3.8) is 0 Å². The molecule has 180 valence electrons. The molecule has 34 heavy (non-hydrogen) atoms. The van der Waals surface area contributed by atoms with Crippen LogP contribution in [0.2, 0.25) is 0 Å². The van der Waals surface area contributed by atoms with E-state index in [2.05, 4.69) is 26.1 Å². The van der Waals surface area contributed by atoms with Gasteiger partial charge in [0.2, 0.25) is 0 Å². The zero-order chi connectivity index (χ0) is 24.5. The van der Waals surface area contributed by atoms with Crippen LogP contribution in [0, 0.1) is 11.8 Å². The lowest BCUT2D eigenvalue weighted by Gasteiger charge is -2.40. The van der Waals surface area contributed by atoms with Gasteiger partial charge in [-0.2, -0.15) is 0 Å². The number of hydrogen-bond acceptors (Lipinski definition) is 6. The molecular formula is C27H31NO6. The Bertz CT molecular complexity index is 1170. The predicted octanol–water partition coefficient (Wildman–Crippen LogP) is 3.82. The van der Waals surface area contributed by atoms with Gasteiger partial charge < -0.3 is 29.7 Å². The Labute approximate surface area is 199 Å². The topological polar surface area (TPSA) is 97.3 Å². The molecule has 3 aliphatic rings. The number of amides is 1. The number of phenols is 1. The van der Waals surface area contributed by atoms with Crippen LogP contribution in [0.3, 0.4) is 0 Å². The number of anilines is 1. The van der Waals surface area contributed by atoms with Gasteiger partial charge in [0.25, 0.3) is 5.91 Å². The van der Waals surface area contributed by atoms with Gasteiger partial charge >= 0.3 is 0 Å². The third kappa shape index (κ3) is 3.26. The summed E-state index contributed by atoms with van der Waals surface area (Å²) in [6.45, 7) is 6.32. The molecule has 2 aromatic carbocycles. The van der Waals surface area contributed by atoms with Crippen LogP contribution in [0.5, 0.6) is 11.5 Å². The molecule has 2 aliphatic heterocycles. The average Bonchev–Trinajstić information content (AvgIpc) is 3.58. The van der Waals surface area contributed by atoms with E-state index in [0.29, 0.717) is 34.4 Å². The summed E-state index contributed by atoms with van der Waals surface area (Å²) >= 11 is 0. The summed E-state index contributed by atoms with van der Waals surface area (Å²) in [6, 6.07) is 10.1. The van der Waals surface area contributed by atoms with Gasteiger partial charge in [-0.25, -0.2) is 0 Å². The fraction of sp³-hybridized carbons (Fsp3) is 0.444. The SMILES string of the molecule is COc1ccc([C@@]2(O)c3c(ccc(/C=C/C4(C)OC(C)(C)C5CC54)c3O)NC(=O)[C@@H]2OC)cc1. The van der Waals surface area contributed by atoms with E-state index in [9.17, 15) is 15.0 Å². The number of carbonyl (C=O) groups excluding carboxylic acids is 1. The van der Waals surface area contributed by atoms with E-state index in [-0.39, 0.29) is 16.9 Å². The molecule has 2 aromatic rings. The van der Waals surface area contributed by atoms with E-state index in [0.717, 1.165) is 6.42 Å². The Morgan fingerprint density at radius 2 is 1.79 bits per heavy atom. The van der Waals surface area contributed by atoms with Crippen LogP contribution in [0.1, 0.15) is 43.9 Å². The molecule has 0 spiro atoms. The van der Waals surface area contributed by atoms with Gasteiger partial charge in [-0.1, -0.05) is 24.3 Å². The second-order valence-corrected chi connectivity index (χ2v) is 10.2. The molecule has 2 heterocycles. The van der Waals surface area contributed by atoms with Crippen LogP contribution < -0.4 is 10.1 Å². The molecule has 0 aromatic heterocycles. The zero-order valence-electron chi connectivity index (χ0n) is 20.1. The standard InChI is InChI=1S/C27H31NO6/c1-25(2)18-14-19(18)26(3,34-25)13-12-15-6-11-20-21(22(15)29)27(31,23(33-5)24(30)28-20)16-7-9-17(32-4)10-8-16/h6-13,18-19,23,29,31H,14H2,1-5H3,(H,28,30)/b13-12+/t18?,19?,23-,26?,27+/m0/s1. The number of rotatable bonds is 5. The normalized spacial score (nSPS) is 33.4. The smallest absolute Gasteiger partial charge is 0.257 e. The average molecular weight is 466 g/mol.